The van der Waals surface area contributed by atoms with E-state index in [1.54, 1.807) is 0 Å². The predicted octanol–water partition coefficient (Wildman–Crippen LogP) is 2.90. The summed E-state index contributed by atoms with van der Waals surface area (Å²) >= 11 is 0. The Hall–Kier alpha value is -0.860. The molecular formula is C12H16O2. The van der Waals surface area contributed by atoms with E-state index < -0.39 is 0 Å². The maximum absolute atomic E-state index is 5.80. The molecule has 1 aromatic rings. The summed E-state index contributed by atoms with van der Waals surface area (Å²) in [4.78, 5) is 0. The van der Waals surface area contributed by atoms with Crippen molar-refractivity contribution >= 4 is 0 Å². The summed E-state index contributed by atoms with van der Waals surface area (Å²) in [7, 11) is 0. The van der Waals surface area contributed by atoms with E-state index in [1.165, 1.54) is 0 Å². The molecule has 76 valence electrons. The summed E-state index contributed by atoms with van der Waals surface area (Å²) in [6.07, 6.45) is 2.27. The molecule has 2 heteroatoms. The lowest BCUT2D eigenvalue weighted by atomic mass is 10.1. The minimum atomic E-state index is -0.158. The van der Waals surface area contributed by atoms with Gasteiger partial charge < -0.3 is 9.47 Å². The van der Waals surface area contributed by atoms with Gasteiger partial charge in [0.05, 0.1) is 12.7 Å². The first-order valence-corrected chi connectivity index (χ1v) is 5.22. The Balaban J connectivity index is 2.04. The zero-order valence-electron chi connectivity index (χ0n) is 8.48. The average molecular weight is 192 g/mol. The third kappa shape index (κ3) is 2.14. The quantitative estimate of drug-likeness (QED) is 0.717. The van der Waals surface area contributed by atoms with Crippen LogP contribution in [-0.4, -0.2) is 12.7 Å². The van der Waals surface area contributed by atoms with Crippen molar-refractivity contribution in [1.29, 1.82) is 0 Å². The Morgan fingerprint density at radius 1 is 1.29 bits per heavy atom. The van der Waals surface area contributed by atoms with Crippen molar-refractivity contribution in [3.05, 3.63) is 35.9 Å². The van der Waals surface area contributed by atoms with Gasteiger partial charge in [0.2, 0.25) is 0 Å². The molecule has 0 bridgehead atoms. The van der Waals surface area contributed by atoms with Gasteiger partial charge in [-0.25, -0.2) is 0 Å². The topological polar surface area (TPSA) is 18.5 Å². The molecule has 0 radical (unpaired) electrons. The Labute approximate surface area is 84.8 Å². The molecule has 2 nitrogen and oxygen atoms in total. The first-order valence-electron chi connectivity index (χ1n) is 5.22. The molecule has 1 saturated heterocycles. The lowest BCUT2D eigenvalue weighted by molar-refractivity contribution is -0.217. The van der Waals surface area contributed by atoms with Gasteiger partial charge in [-0.3, -0.25) is 0 Å². The molecule has 1 aliphatic heterocycles. The van der Waals surface area contributed by atoms with Crippen LogP contribution >= 0.6 is 0 Å². The highest BCUT2D eigenvalue weighted by Crippen LogP contribution is 2.26. The average Bonchev–Trinajstić information content (AvgIpc) is 2.30. The van der Waals surface area contributed by atoms with Gasteiger partial charge in [-0.05, 0) is 12.8 Å². The molecule has 2 unspecified atom stereocenters. The van der Waals surface area contributed by atoms with Gasteiger partial charge in [0.15, 0.2) is 6.29 Å². The standard InChI is InChI=1S/C12H16O2/c1-2-11-8-9-13-12(14-11)10-6-4-3-5-7-10/h3-7,11-12H,2,8-9H2,1H3. The molecule has 2 rings (SSSR count). The molecule has 1 heterocycles. The lowest BCUT2D eigenvalue weighted by Gasteiger charge is -2.29. The van der Waals surface area contributed by atoms with E-state index in [0.717, 1.165) is 25.0 Å². The van der Waals surface area contributed by atoms with E-state index in [2.05, 4.69) is 6.92 Å². The van der Waals surface area contributed by atoms with E-state index in [1.807, 2.05) is 30.3 Å². The van der Waals surface area contributed by atoms with E-state index in [9.17, 15) is 0 Å². The van der Waals surface area contributed by atoms with Crippen molar-refractivity contribution in [2.45, 2.75) is 32.2 Å². The zero-order chi connectivity index (χ0) is 9.80. The van der Waals surface area contributed by atoms with Crippen molar-refractivity contribution in [3.63, 3.8) is 0 Å². The maximum atomic E-state index is 5.80. The molecule has 0 aromatic heterocycles. The molecule has 1 aromatic carbocycles. The highest BCUT2D eigenvalue weighted by atomic mass is 16.7. The normalized spacial score (nSPS) is 27.5. The predicted molar refractivity (Wildman–Crippen MR) is 54.9 cm³/mol. The van der Waals surface area contributed by atoms with Gasteiger partial charge in [-0.1, -0.05) is 37.3 Å². The first-order chi connectivity index (χ1) is 6.90. The number of hydrogen-bond donors (Lipinski definition) is 0. The van der Waals surface area contributed by atoms with Gasteiger partial charge >= 0.3 is 0 Å². The van der Waals surface area contributed by atoms with Crippen LogP contribution < -0.4 is 0 Å². The van der Waals surface area contributed by atoms with Crippen LogP contribution in [0, 0.1) is 0 Å². The van der Waals surface area contributed by atoms with Gasteiger partial charge in [0.25, 0.3) is 0 Å². The van der Waals surface area contributed by atoms with Crippen LogP contribution in [-0.2, 0) is 9.47 Å². The first kappa shape index (κ1) is 9.69. The highest BCUT2D eigenvalue weighted by molar-refractivity contribution is 5.16. The van der Waals surface area contributed by atoms with Gasteiger partial charge in [0.1, 0.15) is 0 Å². The third-order valence-electron chi connectivity index (χ3n) is 2.55. The molecule has 2 atom stereocenters. The second-order valence-corrected chi connectivity index (χ2v) is 3.57. The van der Waals surface area contributed by atoms with Crippen LogP contribution in [0.3, 0.4) is 0 Å². The Bertz CT molecular complexity index is 271. The largest absolute Gasteiger partial charge is 0.348 e. The minimum absolute atomic E-state index is 0.158. The number of benzene rings is 1. The number of ether oxygens (including phenoxy) is 2. The minimum Gasteiger partial charge on any atom is -0.348 e. The van der Waals surface area contributed by atoms with Crippen LogP contribution in [0.1, 0.15) is 31.6 Å². The molecule has 0 saturated carbocycles. The summed E-state index contributed by atoms with van der Waals surface area (Å²) in [6.45, 7) is 2.95. The Morgan fingerprint density at radius 2 is 2.07 bits per heavy atom. The molecule has 1 aliphatic rings. The molecule has 14 heavy (non-hydrogen) atoms. The number of rotatable bonds is 2. The monoisotopic (exact) mass is 192 g/mol. The Kier molecular flexibility index (Phi) is 3.17. The van der Waals surface area contributed by atoms with E-state index in [0.29, 0.717) is 6.10 Å². The Morgan fingerprint density at radius 3 is 2.79 bits per heavy atom. The van der Waals surface area contributed by atoms with Crippen molar-refractivity contribution < 1.29 is 9.47 Å². The van der Waals surface area contributed by atoms with Gasteiger partial charge in [-0.15, -0.1) is 0 Å². The van der Waals surface area contributed by atoms with Crippen LogP contribution in [0.4, 0.5) is 0 Å². The molecule has 0 aliphatic carbocycles. The van der Waals surface area contributed by atoms with E-state index in [-0.39, 0.29) is 6.29 Å². The lowest BCUT2D eigenvalue weighted by Crippen LogP contribution is -2.26. The second-order valence-electron chi connectivity index (χ2n) is 3.57. The third-order valence-corrected chi connectivity index (χ3v) is 2.55. The second kappa shape index (κ2) is 4.58. The molecule has 0 spiro atoms. The van der Waals surface area contributed by atoms with Gasteiger partial charge in [0, 0.05) is 5.56 Å². The fraction of sp³-hybridized carbons (Fsp3) is 0.500. The summed E-state index contributed by atoms with van der Waals surface area (Å²) in [6, 6.07) is 10.1. The van der Waals surface area contributed by atoms with Crippen molar-refractivity contribution in [2.24, 2.45) is 0 Å². The smallest absolute Gasteiger partial charge is 0.184 e. The molecule has 0 N–H and O–H groups in total. The molecule has 1 fully saturated rings. The summed E-state index contributed by atoms with van der Waals surface area (Å²) in [5, 5.41) is 0. The summed E-state index contributed by atoms with van der Waals surface area (Å²) in [5.41, 5.74) is 1.12. The summed E-state index contributed by atoms with van der Waals surface area (Å²) < 4.78 is 11.4. The fourth-order valence-electron chi connectivity index (χ4n) is 1.67. The van der Waals surface area contributed by atoms with Crippen molar-refractivity contribution in [3.8, 4) is 0 Å². The van der Waals surface area contributed by atoms with Crippen molar-refractivity contribution in [1.82, 2.24) is 0 Å². The van der Waals surface area contributed by atoms with Crippen LogP contribution in [0.15, 0.2) is 30.3 Å². The van der Waals surface area contributed by atoms with Crippen LogP contribution in [0.25, 0.3) is 0 Å². The van der Waals surface area contributed by atoms with E-state index in [4.69, 9.17) is 9.47 Å². The highest BCUT2D eigenvalue weighted by Gasteiger charge is 2.22. The maximum Gasteiger partial charge on any atom is 0.184 e. The van der Waals surface area contributed by atoms with Gasteiger partial charge in [-0.2, -0.15) is 0 Å². The number of hydrogen-bond acceptors (Lipinski definition) is 2. The molecule has 0 amide bonds. The van der Waals surface area contributed by atoms with E-state index >= 15 is 0 Å². The molecular weight excluding hydrogens is 176 g/mol. The van der Waals surface area contributed by atoms with Crippen molar-refractivity contribution in [2.75, 3.05) is 6.61 Å². The van der Waals surface area contributed by atoms with Crippen LogP contribution in [0.5, 0.6) is 0 Å². The van der Waals surface area contributed by atoms with Crippen LogP contribution in [0.2, 0.25) is 0 Å². The zero-order valence-corrected chi connectivity index (χ0v) is 8.48. The fourth-order valence-corrected chi connectivity index (χ4v) is 1.67. The summed E-state index contributed by atoms with van der Waals surface area (Å²) in [5.74, 6) is 0. The SMILES string of the molecule is CCC1CCOC(c2ccccc2)O1.